The van der Waals surface area contributed by atoms with Gasteiger partial charge in [0.25, 0.3) is 5.56 Å². The maximum Gasteiger partial charge on any atom is 0.410 e. The molecule has 2 aromatic carbocycles. The van der Waals surface area contributed by atoms with Crippen LogP contribution in [0.1, 0.15) is 32.8 Å². The summed E-state index contributed by atoms with van der Waals surface area (Å²) in [5.41, 5.74) is 0.563. The van der Waals surface area contributed by atoms with Crippen molar-refractivity contribution in [1.29, 1.82) is 5.26 Å². The average molecular weight is 574 g/mol. The molecule has 1 fully saturated rings. The lowest BCUT2D eigenvalue weighted by molar-refractivity contribution is 0.0145. The molecule has 0 aliphatic carbocycles. The number of hydrogen-bond donors (Lipinski definition) is 0. The molecule has 0 saturated carbocycles. The molecule has 1 aliphatic rings. The van der Waals surface area contributed by atoms with E-state index in [1.165, 1.54) is 10.9 Å². The van der Waals surface area contributed by atoms with Crippen LogP contribution in [0.2, 0.25) is 0 Å². The molecule has 212 valence electrons. The van der Waals surface area contributed by atoms with E-state index in [9.17, 15) is 19.1 Å². The first-order valence-corrected chi connectivity index (χ1v) is 14.8. The highest BCUT2D eigenvalue weighted by Gasteiger charge is 2.35. The SMILES string of the molecule is Cc1cccc2cccc(-n3ncc4c(N5CCN(C(=O)OC(C)(C)C)C(CC#N)C5)nc(S(C)=O)nc4c3=O)c12. The van der Waals surface area contributed by atoms with E-state index in [-0.39, 0.29) is 30.2 Å². The fourth-order valence-electron chi connectivity index (χ4n) is 5.10. The molecule has 1 aliphatic heterocycles. The maximum absolute atomic E-state index is 13.9. The molecule has 0 bridgehead atoms. The fraction of sp³-hybridized carbons (Fsp3) is 0.379. The molecular weight excluding hydrogens is 542 g/mol. The third-order valence-electron chi connectivity index (χ3n) is 6.92. The smallest absolute Gasteiger partial charge is 0.410 e. The van der Waals surface area contributed by atoms with Gasteiger partial charge in [0.05, 0.1) is 46.6 Å². The van der Waals surface area contributed by atoms with Crippen LogP contribution >= 0.6 is 0 Å². The molecule has 2 unspecified atom stereocenters. The Hall–Kier alpha value is -4.37. The summed E-state index contributed by atoms with van der Waals surface area (Å²) in [6.07, 6.45) is 2.59. The number of nitrogens with zero attached hydrogens (tertiary/aromatic N) is 7. The molecule has 0 N–H and O–H groups in total. The van der Waals surface area contributed by atoms with E-state index in [0.717, 1.165) is 16.3 Å². The van der Waals surface area contributed by atoms with Crippen LogP contribution in [-0.2, 0) is 15.5 Å². The third-order valence-corrected chi connectivity index (χ3v) is 7.61. The van der Waals surface area contributed by atoms with Gasteiger partial charge in [-0.05, 0) is 44.7 Å². The molecular formula is C29H31N7O4S. The van der Waals surface area contributed by atoms with Gasteiger partial charge in [-0.1, -0.05) is 30.3 Å². The number of ether oxygens (including phenoxy) is 1. The Morgan fingerprint density at radius 2 is 1.90 bits per heavy atom. The highest BCUT2D eigenvalue weighted by molar-refractivity contribution is 7.84. The largest absolute Gasteiger partial charge is 0.444 e. The molecule has 0 radical (unpaired) electrons. The van der Waals surface area contributed by atoms with Crippen LogP contribution in [0.3, 0.4) is 0 Å². The topological polar surface area (TPSA) is 134 Å². The summed E-state index contributed by atoms with van der Waals surface area (Å²) < 4.78 is 19.5. The molecule has 5 rings (SSSR count). The second-order valence-corrected chi connectivity index (χ2v) is 12.3. The number of benzene rings is 2. The second-order valence-electron chi connectivity index (χ2n) is 11.0. The van der Waals surface area contributed by atoms with E-state index in [2.05, 4.69) is 21.1 Å². The van der Waals surface area contributed by atoms with Crippen molar-refractivity contribution >= 4 is 44.4 Å². The van der Waals surface area contributed by atoms with E-state index >= 15 is 0 Å². The predicted octanol–water partition coefficient (Wildman–Crippen LogP) is 3.71. The van der Waals surface area contributed by atoms with Crippen molar-refractivity contribution in [2.45, 2.75) is 50.9 Å². The third kappa shape index (κ3) is 5.50. The summed E-state index contributed by atoms with van der Waals surface area (Å²) >= 11 is 0. The molecule has 2 aromatic heterocycles. The van der Waals surface area contributed by atoms with Gasteiger partial charge in [-0.2, -0.15) is 15.0 Å². The first kappa shape index (κ1) is 28.2. The Morgan fingerprint density at radius 1 is 1.17 bits per heavy atom. The van der Waals surface area contributed by atoms with E-state index in [1.54, 1.807) is 31.9 Å². The van der Waals surface area contributed by atoms with Gasteiger partial charge in [0.2, 0.25) is 5.16 Å². The number of hydrogen-bond acceptors (Lipinski definition) is 9. The molecule has 1 saturated heterocycles. The van der Waals surface area contributed by atoms with E-state index in [1.807, 2.05) is 48.2 Å². The first-order chi connectivity index (χ1) is 19.5. The Labute approximate surface area is 239 Å². The van der Waals surface area contributed by atoms with Crippen LogP contribution in [-0.4, -0.2) is 72.5 Å². The van der Waals surface area contributed by atoms with Crippen molar-refractivity contribution in [3.05, 3.63) is 58.5 Å². The predicted molar refractivity (Wildman–Crippen MR) is 157 cm³/mol. The lowest BCUT2D eigenvalue weighted by Crippen LogP contribution is -2.56. The zero-order valence-corrected chi connectivity index (χ0v) is 24.4. The van der Waals surface area contributed by atoms with E-state index in [0.29, 0.717) is 23.4 Å². The fourth-order valence-corrected chi connectivity index (χ4v) is 5.53. The summed E-state index contributed by atoms with van der Waals surface area (Å²) in [6.45, 7) is 8.24. The van der Waals surface area contributed by atoms with Gasteiger partial charge in [-0.25, -0.2) is 14.8 Å². The number of fused-ring (bicyclic) bond motifs is 2. The lowest BCUT2D eigenvalue weighted by atomic mass is 10.0. The zero-order valence-electron chi connectivity index (χ0n) is 23.6. The van der Waals surface area contributed by atoms with Gasteiger partial charge < -0.3 is 14.5 Å². The Balaban J connectivity index is 1.61. The molecule has 2 atom stereocenters. The number of aromatic nitrogens is 4. The van der Waals surface area contributed by atoms with Crippen molar-refractivity contribution in [2.75, 3.05) is 30.8 Å². The number of rotatable bonds is 4. The van der Waals surface area contributed by atoms with Crippen LogP contribution < -0.4 is 10.5 Å². The van der Waals surface area contributed by atoms with Gasteiger partial charge in [0.1, 0.15) is 16.9 Å². The van der Waals surface area contributed by atoms with Gasteiger partial charge in [0, 0.05) is 31.3 Å². The van der Waals surface area contributed by atoms with E-state index in [4.69, 9.17) is 4.74 Å². The van der Waals surface area contributed by atoms with Gasteiger partial charge in [0.15, 0.2) is 0 Å². The minimum atomic E-state index is -1.58. The second kappa shape index (κ2) is 10.9. The highest BCUT2D eigenvalue weighted by atomic mass is 32.2. The van der Waals surface area contributed by atoms with Crippen molar-refractivity contribution in [3.8, 4) is 11.8 Å². The Bertz CT molecular complexity index is 1790. The number of nitriles is 1. The minimum absolute atomic E-state index is 0.0165. The van der Waals surface area contributed by atoms with Crippen LogP contribution in [0.25, 0.3) is 27.4 Å². The van der Waals surface area contributed by atoms with Crippen LogP contribution in [0.15, 0.2) is 52.5 Å². The first-order valence-electron chi connectivity index (χ1n) is 13.2. The summed E-state index contributed by atoms with van der Waals surface area (Å²) in [5, 5.41) is 16.3. The lowest BCUT2D eigenvalue weighted by Gasteiger charge is -2.41. The number of anilines is 1. The van der Waals surface area contributed by atoms with Gasteiger partial charge >= 0.3 is 6.09 Å². The number of piperazine rings is 1. The van der Waals surface area contributed by atoms with Crippen LogP contribution in [0.5, 0.6) is 0 Å². The normalized spacial score (nSPS) is 16.5. The molecule has 1 amide bonds. The molecule has 41 heavy (non-hydrogen) atoms. The Morgan fingerprint density at radius 3 is 2.59 bits per heavy atom. The molecule has 0 spiro atoms. The highest BCUT2D eigenvalue weighted by Crippen LogP contribution is 2.28. The quantitative estimate of drug-likeness (QED) is 0.335. The molecule has 11 nitrogen and oxygen atoms in total. The summed E-state index contributed by atoms with van der Waals surface area (Å²) in [7, 11) is -1.58. The van der Waals surface area contributed by atoms with Crippen LogP contribution in [0, 0.1) is 18.3 Å². The minimum Gasteiger partial charge on any atom is -0.444 e. The maximum atomic E-state index is 13.9. The monoisotopic (exact) mass is 573 g/mol. The van der Waals surface area contributed by atoms with Gasteiger partial charge in [-0.3, -0.25) is 9.00 Å². The molecule has 4 aromatic rings. The number of amides is 1. The molecule has 3 heterocycles. The summed E-state index contributed by atoms with van der Waals surface area (Å²) in [4.78, 5) is 39.2. The van der Waals surface area contributed by atoms with E-state index < -0.39 is 34.1 Å². The summed E-state index contributed by atoms with van der Waals surface area (Å²) in [6, 6.07) is 13.3. The van der Waals surface area contributed by atoms with Crippen LogP contribution in [0.4, 0.5) is 10.6 Å². The number of carbonyl (C=O) groups is 1. The van der Waals surface area contributed by atoms with Crippen molar-refractivity contribution < 1.29 is 13.7 Å². The van der Waals surface area contributed by atoms with Crippen molar-refractivity contribution in [2.24, 2.45) is 0 Å². The standard InChI is InChI=1S/C29H31N7O4S/c1-18-8-6-9-19-10-7-11-22(23(18)19)36-26(37)24-21(16-31-36)25(33-27(32-24)41(5)39)34-14-15-35(20(17-34)12-13-30)28(38)40-29(2,3)4/h6-11,16,20H,12,14-15,17H2,1-5H3. The number of aryl methyl sites for hydroxylation is 1. The zero-order chi connectivity index (χ0) is 29.5. The molecule has 12 heteroatoms. The average Bonchev–Trinajstić information content (AvgIpc) is 2.92. The van der Waals surface area contributed by atoms with Crippen molar-refractivity contribution in [1.82, 2.24) is 24.6 Å². The van der Waals surface area contributed by atoms with Crippen molar-refractivity contribution in [3.63, 3.8) is 0 Å². The Kier molecular flexibility index (Phi) is 7.48. The van der Waals surface area contributed by atoms with Gasteiger partial charge in [-0.15, -0.1) is 0 Å². The summed E-state index contributed by atoms with van der Waals surface area (Å²) in [5.74, 6) is 0.387. The number of carbonyl (C=O) groups excluding carboxylic acids is 1.